The maximum Gasteiger partial charge on any atom is 0.254 e. The van der Waals surface area contributed by atoms with Crippen molar-refractivity contribution in [2.24, 2.45) is 0 Å². The number of aromatic nitrogens is 2. The van der Waals surface area contributed by atoms with Crippen molar-refractivity contribution in [1.29, 1.82) is 0 Å². The van der Waals surface area contributed by atoms with Gasteiger partial charge in [-0.1, -0.05) is 42.5 Å². The first kappa shape index (κ1) is 22.8. The zero-order valence-corrected chi connectivity index (χ0v) is 20.2. The summed E-state index contributed by atoms with van der Waals surface area (Å²) in [5.74, 6) is 0.868. The summed E-state index contributed by atoms with van der Waals surface area (Å²) in [5, 5.41) is 4.61. The molecule has 0 fully saturated rings. The van der Waals surface area contributed by atoms with Crippen LogP contribution in [0.5, 0.6) is 5.75 Å². The van der Waals surface area contributed by atoms with Crippen molar-refractivity contribution in [2.45, 2.75) is 59.2 Å². The minimum Gasteiger partial charge on any atom is -0.491 e. The lowest BCUT2D eigenvalue weighted by atomic mass is 9.99. The van der Waals surface area contributed by atoms with E-state index in [1.807, 2.05) is 85.6 Å². The van der Waals surface area contributed by atoms with Crippen molar-refractivity contribution >= 4 is 17.6 Å². The number of hydrogen-bond acceptors (Lipinski definition) is 3. The number of rotatable bonds is 5. The van der Waals surface area contributed by atoms with Crippen molar-refractivity contribution in [3.8, 4) is 5.75 Å². The summed E-state index contributed by atoms with van der Waals surface area (Å²) in [6.07, 6.45) is 4.82. The SMILES string of the molecule is CC(C)Oc1ccc(/C=C(/C(=O)N2CCc3c(cnn3C(C)(C)C)C2)c2ccccc2)cc1. The molecule has 1 aliphatic rings. The average Bonchev–Trinajstić information content (AvgIpc) is 3.22. The molecule has 0 unspecified atom stereocenters. The predicted molar refractivity (Wildman–Crippen MR) is 133 cm³/mol. The van der Waals surface area contributed by atoms with Gasteiger partial charge in [-0.05, 0) is 64.0 Å². The van der Waals surface area contributed by atoms with Crippen molar-refractivity contribution in [3.63, 3.8) is 0 Å². The van der Waals surface area contributed by atoms with Crippen LogP contribution in [0.3, 0.4) is 0 Å². The highest BCUT2D eigenvalue weighted by molar-refractivity contribution is 6.24. The molecule has 0 radical (unpaired) electrons. The maximum atomic E-state index is 13.7. The van der Waals surface area contributed by atoms with Gasteiger partial charge in [-0.2, -0.15) is 5.10 Å². The first-order chi connectivity index (χ1) is 15.7. The van der Waals surface area contributed by atoms with Gasteiger partial charge in [0, 0.05) is 36.3 Å². The Bertz CT molecular complexity index is 1140. The molecule has 1 amide bonds. The Hall–Kier alpha value is -3.34. The smallest absolute Gasteiger partial charge is 0.254 e. The van der Waals surface area contributed by atoms with Gasteiger partial charge in [0.2, 0.25) is 0 Å². The van der Waals surface area contributed by atoms with Crippen LogP contribution in [-0.2, 0) is 23.3 Å². The number of carbonyl (C=O) groups is 1. The van der Waals surface area contributed by atoms with Crippen molar-refractivity contribution in [3.05, 3.63) is 83.2 Å². The van der Waals surface area contributed by atoms with E-state index in [-0.39, 0.29) is 17.6 Å². The molecular formula is C28H33N3O2. The van der Waals surface area contributed by atoms with Crippen LogP contribution in [0.25, 0.3) is 11.6 Å². The molecule has 3 aromatic rings. The largest absolute Gasteiger partial charge is 0.491 e. The first-order valence-electron chi connectivity index (χ1n) is 11.6. The maximum absolute atomic E-state index is 13.7. The Labute approximate surface area is 196 Å². The minimum absolute atomic E-state index is 0.0397. The summed E-state index contributed by atoms with van der Waals surface area (Å²) in [4.78, 5) is 15.7. The second-order valence-corrected chi connectivity index (χ2v) is 9.84. The van der Waals surface area contributed by atoms with Crippen LogP contribution in [0.4, 0.5) is 0 Å². The average molecular weight is 444 g/mol. The van der Waals surface area contributed by atoms with E-state index < -0.39 is 0 Å². The van der Waals surface area contributed by atoms with Crippen LogP contribution in [0.1, 0.15) is 57.0 Å². The monoisotopic (exact) mass is 443 g/mol. The summed E-state index contributed by atoms with van der Waals surface area (Å²) in [6, 6.07) is 17.8. The highest BCUT2D eigenvalue weighted by Crippen LogP contribution is 2.28. The van der Waals surface area contributed by atoms with E-state index in [0.29, 0.717) is 18.7 Å². The van der Waals surface area contributed by atoms with Crippen LogP contribution in [-0.4, -0.2) is 33.2 Å². The predicted octanol–water partition coefficient (Wildman–Crippen LogP) is 5.55. The molecule has 1 aromatic heterocycles. The molecule has 172 valence electrons. The van der Waals surface area contributed by atoms with Gasteiger partial charge in [-0.25, -0.2) is 0 Å². The highest BCUT2D eigenvalue weighted by atomic mass is 16.5. The number of ether oxygens (including phenoxy) is 1. The van der Waals surface area contributed by atoms with Gasteiger partial charge in [0.05, 0.1) is 17.8 Å². The molecule has 0 saturated heterocycles. The molecule has 5 nitrogen and oxygen atoms in total. The molecule has 4 rings (SSSR count). The van der Waals surface area contributed by atoms with Crippen molar-refractivity contribution in [1.82, 2.24) is 14.7 Å². The summed E-state index contributed by atoms with van der Waals surface area (Å²) in [7, 11) is 0. The molecule has 1 aliphatic heterocycles. The van der Waals surface area contributed by atoms with Gasteiger partial charge >= 0.3 is 0 Å². The lowest BCUT2D eigenvalue weighted by molar-refractivity contribution is -0.125. The summed E-state index contributed by atoms with van der Waals surface area (Å²) < 4.78 is 7.85. The van der Waals surface area contributed by atoms with Crippen molar-refractivity contribution in [2.75, 3.05) is 6.54 Å². The number of hydrogen-bond donors (Lipinski definition) is 0. The van der Waals surface area contributed by atoms with Crippen molar-refractivity contribution < 1.29 is 9.53 Å². The molecule has 0 spiro atoms. The molecule has 0 N–H and O–H groups in total. The van der Waals surface area contributed by atoms with E-state index in [4.69, 9.17) is 4.74 Å². The van der Waals surface area contributed by atoms with Crippen LogP contribution in [0.15, 0.2) is 60.8 Å². The second-order valence-electron chi connectivity index (χ2n) is 9.84. The fourth-order valence-electron chi connectivity index (χ4n) is 4.22. The number of benzene rings is 2. The molecule has 5 heteroatoms. The van der Waals surface area contributed by atoms with E-state index in [1.54, 1.807) is 0 Å². The molecular weight excluding hydrogens is 410 g/mol. The Morgan fingerprint density at radius 2 is 1.76 bits per heavy atom. The van der Waals surface area contributed by atoms with E-state index in [2.05, 4.69) is 30.6 Å². The standard InChI is InChI=1S/C28H33N3O2/c1-20(2)33-24-13-11-21(12-14-24)17-25(22-9-7-6-8-10-22)27(32)30-16-15-26-23(19-30)18-29-31(26)28(3,4)5/h6-14,17-18,20H,15-16,19H2,1-5H3/b25-17+. The van der Waals surface area contributed by atoms with Gasteiger partial charge in [0.15, 0.2) is 0 Å². The zero-order valence-electron chi connectivity index (χ0n) is 20.2. The van der Waals surface area contributed by atoms with Gasteiger partial charge in [-0.15, -0.1) is 0 Å². The molecule has 0 saturated carbocycles. The first-order valence-corrected chi connectivity index (χ1v) is 11.6. The third-order valence-corrected chi connectivity index (χ3v) is 5.74. The lowest BCUT2D eigenvalue weighted by Crippen LogP contribution is -2.38. The number of carbonyl (C=O) groups excluding carboxylic acids is 1. The third-order valence-electron chi connectivity index (χ3n) is 5.74. The molecule has 2 aromatic carbocycles. The fraction of sp³-hybridized carbons (Fsp3) is 0.357. The molecule has 0 atom stereocenters. The van der Waals surface area contributed by atoms with Gasteiger partial charge < -0.3 is 9.64 Å². The van der Waals surface area contributed by atoms with Gasteiger partial charge in [0.1, 0.15) is 5.75 Å². The number of amides is 1. The number of nitrogens with zero attached hydrogens (tertiary/aromatic N) is 3. The second kappa shape index (κ2) is 9.26. The van der Waals surface area contributed by atoms with Crippen LogP contribution < -0.4 is 4.74 Å². The molecule has 0 bridgehead atoms. The summed E-state index contributed by atoms with van der Waals surface area (Å²) in [6.45, 7) is 11.8. The zero-order chi connectivity index (χ0) is 23.6. The Morgan fingerprint density at radius 1 is 1.06 bits per heavy atom. The van der Waals surface area contributed by atoms with E-state index in [9.17, 15) is 4.79 Å². The lowest BCUT2D eigenvalue weighted by Gasteiger charge is -2.31. The van der Waals surface area contributed by atoms with E-state index in [0.717, 1.165) is 28.9 Å². The Kier molecular flexibility index (Phi) is 6.41. The van der Waals surface area contributed by atoms with Crippen LogP contribution >= 0.6 is 0 Å². The quantitative estimate of drug-likeness (QED) is 0.384. The van der Waals surface area contributed by atoms with Gasteiger partial charge in [0.25, 0.3) is 5.91 Å². The Balaban J connectivity index is 1.63. The number of fused-ring (bicyclic) bond motifs is 1. The van der Waals surface area contributed by atoms with Crippen LogP contribution in [0.2, 0.25) is 0 Å². The summed E-state index contributed by atoms with van der Waals surface area (Å²) in [5.41, 5.74) is 4.88. The molecule has 0 aliphatic carbocycles. The van der Waals surface area contributed by atoms with E-state index >= 15 is 0 Å². The fourth-order valence-corrected chi connectivity index (χ4v) is 4.22. The van der Waals surface area contributed by atoms with Gasteiger partial charge in [-0.3, -0.25) is 9.48 Å². The topological polar surface area (TPSA) is 47.4 Å². The Morgan fingerprint density at radius 3 is 2.39 bits per heavy atom. The van der Waals surface area contributed by atoms with Crippen LogP contribution in [0, 0.1) is 0 Å². The third kappa shape index (κ3) is 5.19. The molecule has 33 heavy (non-hydrogen) atoms. The summed E-state index contributed by atoms with van der Waals surface area (Å²) >= 11 is 0. The van der Waals surface area contributed by atoms with E-state index in [1.165, 1.54) is 5.69 Å². The highest BCUT2D eigenvalue weighted by Gasteiger charge is 2.29. The normalized spacial score (nSPS) is 14.4. The minimum atomic E-state index is -0.0691. The molecule has 2 heterocycles.